The number of carboxylic acids is 1. The minimum absolute atomic E-state index is 0.0950. The molecule has 7 nitrogen and oxygen atoms in total. The molecule has 0 spiro atoms. The summed E-state index contributed by atoms with van der Waals surface area (Å²) in [6, 6.07) is 2.30. The maximum absolute atomic E-state index is 11.0. The van der Waals surface area contributed by atoms with Crippen LogP contribution in [0.3, 0.4) is 0 Å². The van der Waals surface area contributed by atoms with Crippen LogP contribution in [0, 0.1) is 10.1 Å². The van der Waals surface area contributed by atoms with E-state index in [0.717, 1.165) is 6.07 Å². The third-order valence-electron chi connectivity index (χ3n) is 1.99. The molecule has 0 bridgehead atoms. The molecule has 0 aliphatic carbocycles. The molecule has 0 atom stereocenters. The highest BCUT2D eigenvalue weighted by Crippen LogP contribution is 2.35. The van der Waals surface area contributed by atoms with Crippen LogP contribution in [0.1, 0.15) is 17.3 Å². The van der Waals surface area contributed by atoms with Gasteiger partial charge in [0.25, 0.3) is 0 Å². The molecule has 1 rings (SSSR count). The molecule has 0 saturated heterocycles. The lowest BCUT2D eigenvalue weighted by atomic mass is 10.1. The van der Waals surface area contributed by atoms with Crippen LogP contribution in [0.25, 0.3) is 0 Å². The number of benzene rings is 1. The molecule has 92 valence electrons. The Balaban J connectivity index is 3.49. The first-order valence-corrected chi connectivity index (χ1v) is 4.73. The van der Waals surface area contributed by atoms with E-state index in [1.54, 1.807) is 6.92 Å². The predicted octanol–water partition coefficient (Wildman–Crippen LogP) is 1.70. The Labute approximate surface area is 96.7 Å². The minimum atomic E-state index is -1.31. The van der Waals surface area contributed by atoms with E-state index in [1.165, 1.54) is 13.2 Å². The first-order chi connectivity index (χ1) is 8.01. The second-order valence-corrected chi connectivity index (χ2v) is 3.02. The van der Waals surface area contributed by atoms with Gasteiger partial charge in [-0.05, 0) is 13.0 Å². The van der Waals surface area contributed by atoms with Crippen molar-refractivity contribution in [2.45, 2.75) is 6.92 Å². The van der Waals surface area contributed by atoms with E-state index in [0.29, 0.717) is 0 Å². The van der Waals surface area contributed by atoms with Gasteiger partial charge in [-0.2, -0.15) is 0 Å². The molecule has 0 aromatic heterocycles. The van der Waals surface area contributed by atoms with Gasteiger partial charge in [-0.25, -0.2) is 4.79 Å². The Morgan fingerprint density at radius 2 is 2.18 bits per heavy atom. The molecule has 1 aromatic rings. The van der Waals surface area contributed by atoms with Crippen molar-refractivity contribution in [3.63, 3.8) is 0 Å². The van der Waals surface area contributed by atoms with Crippen molar-refractivity contribution in [2.75, 3.05) is 13.7 Å². The highest BCUT2D eigenvalue weighted by atomic mass is 16.6. The van der Waals surface area contributed by atoms with Crippen molar-refractivity contribution < 1.29 is 24.3 Å². The van der Waals surface area contributed by atoms with Crippen LogP contribution in [0.4, 0.5) is 5.69 Å². The number of carboxylic acid groups (broad SMARTS) is 1. The lowest BCUT2D eigenvalue weighted by molar-refractivity contribution is -0.386. The van der Waals surface area contributed by atoms with Crippen LogP contribution >= 0.6 is 0 Å². The van der Waals surface area contributed by atoms with Crippen LogP contribution in [-0.2, 0) is 0 Å². The lowest BCUT2D eigenvalue weighted by Crippen LogP contribution is -2.06. The molecule has 0 radical (unpaired) electrons. The molecule has 0 aliphatic rings. The number of aromatic carboxylic acids is 1. The van der Waals surface area contributed by atoms with Gasteiger partial charge >= 0.3 is 11.7 Å². The first-order valence-electron chi connectivity index (χ1n) is 4.73. The van der Waals surface area contributed by atoms with E-state index in [-0.39, 0.29) is 23.7 Å². The number of nitro groups is 1. The highest BCUT2D eigenvalue weighted by molar-refractivity contribution is 5.93. The van der Waals surface area contributed by atoms with Crippen LogP contribution in [0.5, 0.6) is 11.5 Å². The largest absolute Gasteiger partial charge is 0.496 e. The number of methoxy groups -OCH3 is 1. The summed E-state index contributed by atoms with van der Waals surface area (Å²) in [5.41, 5.74) is -0.721. The molecule has 7 heteroatoms. The molecule has 1 aromatic carbocycles. The number of nitro benzene ring substituents is 1. The predicted molar refractivity (Wildman–Crippen MR) is 57.8 cm³/mol. The van der Waals surface area contributed by atoms with E-state index in [2.05, 4.69) is 0 Å². The fraction of sp³-hybridized carbons (Fsp3) is 0.300. The molecule has 0 aliphatic heterocycles. The van der Waals surface area contributed by atoms with E-state index in [4.69, 9.17) is 14.6 Å². The number of ether oxygens (including phenoxy) is 2. The fourth-order valence-electron chi connectivity index (χ4n) is 1.30. The van der Waals surface area contributed by atoms with Gasteiger partial charge < -0.3 is 14.6 Å². The molecule has 0 unspecified atom stereocenters. The summed E-state index contributed by atoms with van der Waals surface area (Å²) >= 11 is 0. The molecular weight excluding hydrogens is 230 g/mol. The minimum Gasteiger partial charge on any atom is -0.496 e. The fourth-order valence-corrected chi connectivity index (χ4v) is 1.30. The number of hydrogen-bond donors (Lipinski definition) is 1. The van der Waals surface area contributed by atoms with Crippen LogP contribution in [0.2, 0.25) is 0 Å². The average molecular weight is 241 g/mol. The monoisotopic (exact) mass is 241 g/mol. The van der Waals surface area contributed by atoms with E-state index in [9.17, 15) is 14.9 Å². The third kappa shape index (κ3) is 2.63. The summed E-state index contributed by atoms with van der Waals surface area (Å²) < 4.78 is 9.82. The molecule has 0 saturated carbocycles. The smallest absolute Gasteiger partial charge is 0.339 e. The van der Waals surface area contributed by atoms with Crippen molar-refractivity contribution in [2.24, 2.45) is 0 Å². The Morgan fingerprint density at radius 3 is 2.59 bits per heavy atom. The van der Waals surface area contributed by atoms with Crippen molar-refractivity contribution in [1.29, 1.82) is 0 Å². The molecular formula is C10H11NO6. The third-order valence-corrected chi connectivity index (χ3v) is 1.99. The number of hydrogen-bond acceptors (Lipinski definition) is 5. The van der Waals surface area contributed by atoms with Crippen LogP contribution in [0.15, 0.2) is 12.1 Å². The zero-order valence-corrected chi connectivity index (χ0v) is 9.30. The summed E-state index contributed by atoms with van der Waals surface area (Å²) in [6.07, 6.45) is 0. The first kappa shape index (κ1) is 12.8. The highest BCUT2D eigenvalue weighted by Gasteiger charge is 2.25. The Hall–Kier alpha value is -2.31. The van der Waals surface area contributed by atoms with Crippen molar-refractivity contribution in [1.82, 2.24) is 0 Å². The average Bonchev–Trinajstić information content (AvgIpc) is 2.28. The van der Waals surface area contributed by atoms with Gasteiger partial charge in [0.1, 0.15) is 11.3 Å². The molecule has 0 amide bonds. The summed E-state index contributed by atoms with van der Waals surface area (Å²) in [6.45, 7) is 1.74. The Morgan fingerprint density at radius 1 is 1.53 bits per heavy atom. The van der Waals surface area contributed by atoms with Crippen molar-refractivity contribution in [3.05, 3.63) is 27.8 Å². The lowest BCUT2D eigenvalue weighted by Gasteiger charge is -2.09. The maximum atomic E-state index is 11.0. The van der Waals surface area contributed by atoms with E-state index < -0.39 is 16.6 Å². The topological polar surface area (TPSA) is 98.9 Å². The molecule has 1 N–H and O–H groups in total. The van der Waals surface area contributed by atoms with Gasteiger partial charge in [0.15, 0.2) is 0 Å². The molecule has 0 heterocycles. The Bertz CT molecular complexity index is 421. The summed E-state index contributed by atoms with van der Waals surface area (Å²) in [4.78, 5) is 21.1. The van der Waals surface area contributed by atoms with Crippen molar-refractivity contribution >= 4 is 11.7 Å². The van der Waals surface area contributed by atoms with Gasteiger partial charge in [-0.3, -0.25) is 10.1 Å². The number of carbonyl (C=O) groups is 1. The van der Waals surface area contributed by atoms with Gasteiger partial charge in [0.05, 0.1) is 24.7 Å². The van der Waals surface area contributed by atoms with Crippen molar-refractivity contribution in [3.8, 4) is 11.5 Å². The van der Waals surface area contributed by atoms with Gasteiger partial charge in [-0.15, -0.1) is 0 Å². The van der Waals surface area contributed by atoms with Gasteiger partial charge in [-0.1, -0.05) is 0 Å². The zero-order chi connectivity index (χ0) is 13.0. The number of nitrogens with zero attached hydrogens (tertiary/aromatic N) is 1. The summed E-state index contributed by atoms with van der Waals surface area (Å²) in [5.74, 6) is -1.47. The second kappa shape index (κ2) is 5.15. The number of rotatable bonds is 5. The Kier molecular flexibility index (Phi) is 3.86. The quantitative estimate of drug-likeness (QED) is 0.622. The molecule has 17 heavy (non-hydrogen) atoms. The summed E-state index contributed by atoms with van der Waals surface area (Å²) in [7, 11) is 1.30. The second-order valence-electron chi connectivity index (χ2n) is 3.02. The van der Waals surface area contributed by atoms with E-state index >= 15 is 0 Å². The van der Waals surface area contributed by atoms with Gasteiger partial charge in [0.2, 0.25) is 5.75 Å². The summed E-state index contributed by atoms with van der Waals surface area (Å²) in [5, 5.41) is 19.8. The standard InChI is InChI=1S/C10H11NO6/c1-3-17-9-7(10(12)13)4-6(16-2)5-8(9)11(14)15/h4-5H,3H2,1-2H3,(H,12,13). The maximum Gasteiger partial charge on any atom is 0.339 e. The SMILES string of the molecule is CCOc1c(C(=O)O)cc(OC)cc1[N+](=O)[O-]. The zero-order valence-electron chi connectivity index (χ0n) is 9.30. The van der Waals surface area contributed by atoms with Crippen LogP contribution < -0.4 is 9.47 Å². The van der Waals surface area contributed by atoms with Crippen LogP contribution in [-0.4, -0.2) is 29.7 Å². The van der Waals surface area contributed by atoms with E-state index in [1.807, 2.05) is 0 Å². The van der Waals surface area contributed by atoms with Gasteiger partial charge in [0, 0.05) is 0 Å². The molecule has 0 fully saturated rings. The normalized spacial score (nSPS) is 9.76.